The summed E-state index contributed by atoms with van der Waals surface area (Å²) in [6, 6.07) is 12.5. The Morgan fingerprint density at radius 2 is 0.882 bits per heavy atom. The first-order valence-electron chi connectivity index (χ1n) is 9.53. The van der Waals surface area contributed by atoms with Gasteiger partial charge in [-0.05, 0) is 88.0 Å². The van der Waals surface area contributed by atoms with Crippen molar-refractivity contribution in [3.05, 3.63) is 88.7 Å². The second kappa shape index (κ2) is 11.1. The minimum atomic E-state index is -0.506. The number of carbonyl (C=O) groups excluding carboxylic acids is 4. The van der Waals surface area contributed by atoms with Crippen molar-refractivity contribution in [3.8, 4) is 11.5 Å². The van der Waals surface area contributed by atoms with E-state index in [9.17, 15) is 19.2 Å². The minimum absolute atomic E-state index is 0.197. The summed E-state index contributed by atoms with van der Waals surface area (Å²) in [7, 11) is 0. The monoisotopic (exact) mass is 714 g/mol. The smallest absolute Gasteiger partial charge is 0.308 e. The van der Waals surface area contributed by atoms with Crippen LogP contribution in [0.15, 0.2) is 66.4 Å². The van der Waals surface area contributed by atoms with Gasteiger partial charge >= 0.3 is 11.9 Å². The summed E-state index contributed by atoms with van der Waals surface area (Å²) in [4.78, 5) is 49.4. The lowest BCUT2D eigenvalue weighted by molar-refractivity contribution is -0.132. The normalized spacial score (nSPS) is 10.5. The van der Waals surface area contributed by atoms with Gasteiger partial charge in [-0.25, -0.2) is 0 Å². The maximum Gasteiger partial charge on any atom is 0.308 e. The fourth-order valence-electron chi connectivity index (χ4n) is 3.05. The highest BCUT2D eigenvalue weighted by Gasteiger charge is 2.23. The molecule has 34 heavy (non-hydrogen) atoms. The van der Waals surface area contributed by atoms with E-state index in [1.165, 1.54) is 38.1 Å². The second-order valence-electron chi connectivity index (χ2n) is 6.93. The molecular formula is C24H14Br4O6. The van der Waals surface area contributed by atoms with Gasteiger partial charge in [0.25, 0.3) is 0 Å². The first-order chi connectivity index (χ1) is 16.0. The van der Waals surface area contributed by atoms with Crippen LogP contribution in [0.4, 0.5) is 0 Å². The fraction of sp³-hybridized carbons (Fsp3) is 0.0833. The lowest BCUT2D eigenvalue weighted by Gasteiger charge is -2.13. The molecule has 0 fully saturated rings. The Bertz CT molecular complexity index is 1200. The van der Waals surface area contributed by atoms with E-state index in [1.54, 1.807) is 24.3 Å². The molecule has 0 N–H and O–H groups in total. The molecule has 0 aliphatic heterocycles. The Morgan fingerprint density at radius 3 is 1.15 bits per heavy atom. The molecule has 3 aromatic carbocycles. The van der Waals surface area contributed by atoms with Crippen LogP contribution in [0.2, 0.25) is 0 Å². The van der Waals surface area contributed by atoms with Crippen molar-refractivity contribution >= 4 is 87.2 Å². The molecule has 0 aromatic heterocycles. The second-order valence-corrected chi connectivity index (χ2v) is 10.3. The molecule has 0 saturated heterocycles. The van der Waals surface area contributed by atoms with Gasteiger partial charge in [0, 0.05) is 36.1 Å². The minimum Gasteiger partial charge on any atom is -0.424 e. The van der Waals surface area contributed by atoms with Gasteiger partial charge in [-0.3, -0.25) is 19.2 Å². The van der Waals surface area contributed by atoms with Gasteiger partial charge in [-0.15, -0.1) is 0 Å². The van der Waals surface area contributed by atoms with Crippen molar-refractivity contribution in [3.63, 3.8) is 0 Å². The molecule has 0 atom stereocenters. The predicted molar refractivity (Wildman–Crippen MR) is 140 cm³/mol. The van der Waals surface area contributed by atoms with Gasteiger partial charge in [0.05, 0.1) is 17.9 Å². The maximum atomic E-state index is 13.4. The Balaban J connectivity index is 2.03. The van der Waals surface area contributed by atoms with E-state index in [2.05, 4.69) is 63.7 Å². The van der Waals surface area contributed by atoms with Gasteiger partial charge < -0.3 is 9.47 Å². The number of hydrogen-bond acceptors (Lipinski definition) is 6. The molecule has 0 saturated carbocycles. The van der Waals surface area contributed by atoms with E-state index in [4.69, 9.17) is 9.47 Å². The molecule has 174 valence electrons. The number of rotatable bonds is 6. The van der Waals surface area contributed by atoms with Crippen molar-refractivity contribution in [1.82, 2.24) is 0 Å². The van der Waals surface area contributed by atoms with E-state index in [0.717, 1.165) is 0 Å². The van der Waals surface area contributed by atoms with Crippen molar-refractivity contribution in [2.75, 3.05) is 0 Å². The molecule has 3 aromatic rings. The molecule has 0 heterocycles. The predicted octanol–water partition coefficient (Wildman–Crippen LogP) is 7.05. The summed E-state index contributed by atoms with van der Waals surface area (Å²) in [5.41, 5.74) is 0.954. The SMILES string of the molecule is CC(=O)Oc1c(Br)cc(C(=O)c2ccccc2C(=O)c2cc(Br)c(OC(C)=O)c(Br)c2)cc1Br. The van der Waals surface area contributed by atoms with Gasteiger partial charge in [0.2, 0.25) is 0 Å². The van der Waals surface area contributed by atoms with Crippen LogP contribution in [0, 0.1) is 0 Å². The average molecular weight is 718 g/mol. The molecule has 0 aliphatic carbocycles. The number of hydrogen-bond donors (Lipinski definition) is 0. The fourth-order valence-corrected chi connectivity index (χ4v) is 5.75. The zero-order valence-corrected chi connectivity index (χ0v) is 23.9. The lowest BCUT2D eigenvalue weighted by Crippen LogP contribution is -2.12. The van der Waals surface area contributed by atoms with Gasteiger partial charge in [-0.2, -0.15) is 0 Å². The molecule has 0 unspecified atom stereocenters. The van der Waals surface area contributed by atoms with Gasteiger partial charge in [0.15, 0.2) is 23.1 Å². The Hall–Kier alpha value is -2.14. The van der Waals surface area contributed by atoms with Crippen molar-refractivity contribution in [2.24, 2.45) is 0 Å². The third kappa shape index (κ3) is 5.91. The van der Waals surface area contributed by atoms with Crippen LogP contribution >= 0.6 is 63.7 Å². The van der Waals surface area contributed by atoms with Crippen LogP contribution < -0.4 is 9.47 Å². The number of halogens is 4. The molecule has 0 aliphatic rings. The van der Waals surface area contributed by atoms with Crippen LogP contribution in [-0.2, 0) is 9.59 Å². The van der Waals surface area contributed by atoms with Crippen molar-refractivity contribution < 1.29 is 28.7 Å². The summed E-state index contributed by atoms with van der Waals surface area (Å²) < 4.78 is 11.9. The van der Waals surface area contributed by atoms with Crippen molar-refractivity contribution in [1.29, 1.82) is 0 Å². The Labute approximate surface area is 228 Å². The molecule has 6 nitrogen and oxygen atoms in total. The van der Waals surface area contributed by atoms with E-state index in [-0.39, 0.29) is 33.8 Å². The molecule has 10 heteroatoms. The molecule has 0 bridgehead atoms. The summed E-state index contributed by atoms with van der Waals surface area (Å²) in [6.07, 6.45) is 0. The maximum absolute atomic E-state index is 13.4. The van der Waals surface area contributed by atoms with Crippen LogP contribution in [0.3, 0.4) is 0 Å². The summed E-state index contributed by atoms with van der Waals surface area (Å²) >= 11 is 13.3. The zero-order valence-electron chi connectivity index (χ0n) is 17.6. The summed E-state index contributed by atoms with van der Waals surface area (Å²) in [5.74, 6) is -1.31. The number of benzene rings is 3. The quantitative estimate of drug-likeness (QED) is 0.154. The molecule has 3 rings (SSSR count). The van der Waals surface area contributed by atoms with Gasteiger partial charge in [-0.1, -0.05) is 24.3 Å². The number of carbonyl (C=O) groups is 4. The van der Waals surface area contributed by atoms with Crippen LogP contribution in [0.5, 0.6) is 11.5 Å². The zero-order chi connectivity index (χ0) is 25.2. The highest BCUT2D eigenvalue weighted by Crippen LogP contribution is 2.37. The highest BCUT2D eigenvalue weighted by molar-refractivity contribution is 9.11. The van der Waals surface area contributed by atoms with E-state index in [0.29, 0.717) is 17.9 Å². The molecule has 0 radical (unpaired) electrons. The number of esters is 2. The third-order valence-electron chi connectivity index (χ3n) is 4.43. The van der Waals surface area contributed by atoms with Crippen LogP contribution in [0.25, 0.3) is 0 Å². The molecular weight excluding hydrogens is 704 g/mol. The van der Waals surface area contributed by atoms with Crippen LogP contribution in [0.1, 0.15) is 45.7 Å². The summed E-state index contributed by atoms with van der Waals surface area (Å²) in [5, 5.41) is 0. The van der Waals surface area contributed by atoms with Gasteiger partial charge in [0.1, 0.15) is 0 Å². The average Bonchev–Trinajstić information content (AvgIpc) is 2.77. The van der Waals surface area contributed by atoms with Crippen LogP contribution in [-0.4, -0.2) is 23.5 Å². The first-order valence-corrected chi connectivity index (χ1v) is 12.7. The van der Waals surface area contributed by atoms with E-state index in [1.807, 2.05) is 0 Å². The highest BCUT2D eigenvalue weighted by atomic mass is 79.9. The Morgan fingerprint density at radius 1 is 0.588 bits per heavy atom. The van der Waals surface area contributed by atoms with E-state index < -0.39 is 23.5 Å². The number of ketones is 2. The summed E-state index contributed by atoms with van der Waals surface area (Å²) in [6.45, 7) is 2.55. The molecule has 0 amide bonds. The standard InChI is InChI=1S/C24H14Br4O6/c1-11(29)33-23-17(25)7-13(8-18(23)26)21(31)15-5-3-4-6-16(15)22(32)14-9-19(27)24(20(28)10-14)34-12(2)30/h3-10H,1-2H3. The largest absolute Gasteiger partial charge is 0.424 e. The number of ether oxygens (including phenoxy) is 2. The molecule has 0 spiro atoms. The lowest BCUT2D eigenvalue weighted by atomic mass is 9.93. The first kappa shape index (κ1) is 26.5. The Kier molecular flexibility index (Phi) is 8.62. The third-order valence-corrected chi connectivity index (χ3v) is 6.78. The topological polar surface area (TPSA) is 86.7 Å². The van der Waals surface area contributed by atoms with Crippen molar-refractivity contribution in [2.45, 2.75) is 13.8 Å². The van der Waals surface area contributed by atoms with E-state index >= 15 is 0 Å².